The van der Waals surface area contributed by atoms with Gasteiger partial charge >= 0.3 is 34.1 Å². The molecule has 4 aliphatic rings. The van der Waals surface area contributed by atoms with Crippen molar-refractivity contribution in [2.75, 3.05) is 62.4 Å². The van der Waals surface area contributed by atoms with Gasteiger partial charge in [0.25, 0.3) is 5.69 Å². The zero-order chi connectivity index (χ0) is 46.1. The fourth-order valence-electron chi connectivity index (χ4n) is 5.98. The molecule has 4 aliphatic carbocycles. The van der Waals surface area contributed by atoms with Crippen LogP contribution in [0.5, 0.6) is 0 Å². The molecular formula is C50H47Fe2N5O10. The topological polar surface area (TPSA) is 214 Å². The summed E-state index contributed by atoms with van der Waals surface area (Å²) in [6.07, 6.45) is 28.9. The molecule has 17 heteroatoms. The van der Waals surface area contributed by atoms with E-state index >= 15 is 0 Å². The second kappa shape index (κ2) is 30.0. The molecule has 348 valence electrons. The van der Waals surface area contributed by atoms with Crippen LogP contribution in [0.4, 0.5) is 28.4 Å². The van der Waals surface area contributed by atoms with Crippen LogP contribution >= 0.6 is 0 Å². The Morgan fingerprint density at radius 1 is 0.537 bits per heavy atom. The van der Waals surface area contributed by atoms with Crippen LogP contribution in [-0.2, 0) is 48.3 Å². The summed E-state index contributed by atoms with van der Waals surface area (Å²) in [5.41, 5.74) is 5.16. The number of rotatable bonds is 19. The van der Waals surface area contributed by atoms with E-state index in [9.17, 15) is 30.5 Å². The van der Waals surface area contributed by atoms with Crippen molar-refractivity contribution in [2.45, 2.75) is 0 Å². The van der Waals surface area contributed by atoms with Crippen molar-refractivity contribution in [3.8, 4) is 0 Å². The van der Waals surface area contributed by atoms with Crippen LogP contribution in [0.3, 0.4) is 0 Å². The maximum Gasteiger partial charge on any atom is 2.00 e. The number of benzene rings is 3. The number of anilines is 2. The second-order valence-electron chi connectivity index (χ2n) is 13.8. The fraction of sp³-hybridized carbons (Fsp3) is 0.160. The summed E-state index contributed by atoms with van der Waals surface area (Å²) in [5.74, 6) is -1.12. The minimum Gasteiger partial charge on any atom is -0.877 e. The number of allylic oxidation sites excluding steroid dienone is 20. The largest absolute Gasteiger partial charge is 2.00 e. The molecule has 1 N–H and O–H groups in total. The van der Waals surface area contributed by atoms with Gasteiger partial charge in [0, 0.05) is 69.5 Å². The molecule has 3 aromatic rings. The first-order valence-corrected chi connectivity index (χ1v) is 20.5. The Hall–Kier alpha value is -7.26. The van der Waals surface area contributed by atoms with Crippen molar-refractivity contribution in [3.05, 3.63) is 233 Å². The molecule has 0 aromatic heterocycles. The first-order valence-electron chi connectivity index (χ1n) is 20.5. The maximum absolute atomic E-state index is 12.2. The van der Waals surface area contributed by atoms with Gasteiger partial charge in [-0.2, -0.15) is 10.2 Å². The standard InChI is InChI=1S/C28H26N4O6.C16H19NO3.C6H6O.2Fe/c33-27(21-5-1-2-6-21)37-19-17-31(18-20-38-28(34)22-7-3-4-8-22)25-13-9-23(10-14-25)29-30-24-11-15-26(16-12-24)32(35)36;18-12-10-17(15-8-2-1-3-9-15)11-13-20-16(19)14-6-4-5-7-14;7-5-6-3-1-2-4-6;;/h1-16,33-34H,17-20H2;1-9,18-19H,10-13H2;1-5,7H;;/q;;;2*+2/p-4. The van der Waals surface area contributed by atoms with E-state index < -0.39 is 16.8 Å². The molecule has 0 bridgehead atoms. The SMILES string of the molecule is O=[N+]([O-])c1ccc(N=Nc2ccc(N(CCOC([O-])=C3C=CC=C3)CCOC([O-])=C3C=CC=C3)cc2)cc1.[Fe+2].[Fe+2].[O-]C(OCCN(CCO)c1ccccc1)=C1C=CC=C1.[O-]C=C1C=CC=C1. The smallest absolute Gasteiger partial charge is 0.877 e. The fourth-order valence-corrected chi connectivity index (χ4v) is 5.98. The number of nitro groups is 1. The third-order valence-electron chi connectivity index (χ3n) is 9.35. The monoisotopic (exact) mass is 989 g/mol. The molecule has 15 nitrogen and oxygen atoms in total. The summed E-state index contributed by atoms with van der Waals surface area (Å²) in [6, 6.07) is 22.7. The molecule has 0 unspecified atom stereocenters. The number of aliphatic hydroxyl groups is 1. The molecule has 0 atom stereocenters. The Labute approximate surface area is 410 Å². The zero-order valence-corrected chi connectivity index (χ0v) is 38.3. The molecule has 0 radical (unpaired) electrons. The molecule has 7 rings (SSSR count). The molecule has 0 heterocycles. The molecule has 3 aromatic carbocycles. The van der Waals surface area contributed by atoms with Gasteiger partial charge in [-0.1, -0.05) is 115 Å². The van der Waals surface area contributed by atoms with E-state index in [0.29, 0.717) is 60.9 Å². The first kappa shape index (κ1) is 54.1. The predicted molar refractivity (Wildman–Crippen MR) is 242 cm³/mol. The average Bonchev–Trinajstić information content (AvgIpc) is 4.20. The minimum atomic E-state index is -0.476. The Bertz CT molecular complexity index is 2350. The van der Waals surface area contributed by atoms with Gasteiger partial charge in [-0.25, -0.2) is 0 Å². The second-order valence-corrected chi connectivity index (χ2v) is 13.8. The molecular weight excluding hydrogens is 942 g/mol. The van der Waals surface area contributed by atoms with Gasteiger partial charge < -0.3 is 49.5 Å². The van der Waals surface area contributed by atoms with Gasteiger partial charge in [-0.3, -0.25) is 10.1 Å². The summed E-state index contributed by atoms with van der Waals surface area (Å²) in [5, 5.41) is 74.1. The van der Waals surface area contributed by atoms with Crippen molar-refractivity contribution < 1.29 is 78.8 Å². The van der Waals surface area contributed by atoms with E-state index in [1.54, 1.807) is 97.2 Å². The van der Waals surface area contributed by atoms with Crippen molar-refractivity contribution in [3.63, 3.8) is 0 Å². The van der Waals surface area contributed by atoms with E-state index in [1.807, 2.05) is 64.4 Å². The van der Waals surface area contributed by atoms with E-state index in [2.05, 4.69) is 10.2 Å². The summed E-state index contributed by atoms with van der Waals surface area (Å²) in [4.78, 5) is 14.2. The van der Waals surface area contributed by atoms with E-state index in [1.165, 1.54) is 24.3 Å². The number of hydrogen-bond donors (Lipinski definition) is 1. The number of aliphatic hydroxyl groups excluding tert-OH is 1. The van der Waals surface area contributed by atoms with Crippen molar-refractivity contribution >= 4 is 28.4 Å². The number of nitro benzene ring substituents is 1. The minimum absolute atomic E-state index is 0. The molecule has 0 amide bonds. The summed E-state index contributed by atoms with van der Waals surface area (Å²) in [7, 11) is 0. The Morgan fingerprint density at radius 3 is 1.25 bits per heavy atom. The zero-order valence-electron chi connectivity index (χ0n) is 36.0. The molecule has 0 spiro atoms. The number of azo groups is 1. The third kappa shape index (κ3) is 18.6. The van der Waals surface area contributed by atoms with Crippen LogP contribution in [0.15, 0.2) is 233 Å². The van der Waals surface area contributed by atoms with Crippen LogP contribution in [0.2, 0.25) is 0 Å². The summed E-state index contributed by atoms with van der Waals surface area (Å²) in [6.45, 7) is 2.46. The Balaban J connectivity index is 0.000000341. The van der Waals surface area contributed by atoms with Gasteiger partial charge in [-0.15, -0.1) is 6.26 Å². The van der Waals surface area contributed by atoms with Gasteiger partial charge in [0.2, 0.25) is 0 Å². The van der Waals surface area contributed by atoms with Crippen LogP contribution in [0.25, 0.3) is 0 Å². The number of hydrogen-bond acceptors (Lipinski definition) is 14. The average molecular weight is 990 g/mol. The van der Waals surface area contributed by atoms with E-state index in [-0.39, 0.29) is 65.6 Å². The molecule has 0 saturated heterocycles. The van der Waals surface area contributed by atoms with Crippen molar-refractivity contribution in [1.82, 2.24) is 0 Å². The third-order valence-corrected chi connectivity index (χ3v) is 9.35. The Morgan fingerprint density at radius 2 is 0.896 bits per heavy atom. The van der Waals surface area contributed by atoms with Crippen LogP contribution in [0, 0.1) is 10.1 Å². The number of non-ortho nitro benzene ring substituents is 1. The molecule has 0 fully saturated rings. The van der Waals surface area contributed by atoms with Crippen molar-refractivity contribution in [1.29, 1.82) is 0 Å². The van der Waals surface area contributed by atoms with Crippen molar-refractivity contribution in [2.24, 2.45) is 10.2 Å². The molecule has 0 aliphatic heterocycles. The predicted octanol–water partition coefficient (Wildman–Crippen LogP) is 5.80. The van der Waals surface area contributed by atoms with Gasteiger partial charge in [0.15, 0.2) is 0 Å². The summed E-state index contributed by atoms with van der Waals surface area (Å²) >= 11 is 0. The van der Waals surface area contributed by atoms with E-state index in [4.69, 9.17) is 19.3 Å². The Kier molecular flexibility index (Phi) is 24.2. The van der Waals surface area contributed by atoms with Gasteiger partial charge in [0.1, 0.15) is 0 Å². The molecule has 0 saturated carbocycles. The first-order chi connectivity index (χ1) is 31.7. The normalized spacial score (nSPS) is 13.1. The quantitative estimate of drug-likeness (QED) is 0.0497. The molecule has 67 heavy (non-hydrogen) atoms. The summed E-state index contributed by atoms with van der Waals surface area (Å²) < 4.78 is 16.0. The van der Waals surface area contributed by atoms with Gasteiger partial charge in [-0.05, 0) is 70.8 Å². The van der Waals surface area contributed by atoms with Crippen LogP contribution in [-0.4, -0.2) is 62.6 Å². The number of ether oxygens (including phenoxy) is 3. The number of nitrogens with zero attached hydrogens (tertiary/aromatic N) is 5. The van der Waals surface area contributed by atoms with Crippen LogP contribution < -0.4 is 30.2 Å². The van der Waals surface area contributed by atoms with Gasteiger partial charge in [0.05, 0.1) is 40.7 Å². The maximum atomic E-state index is 12.2. The van der Waals surface area contributed by atoms with Crippen LogP contribution in [0.1, 0.15) is 0 Å². The van der Waals surface area contributed by atoms with E-state index in [0.717, 1.165) is 23.2 Å². The number of para-hydroxylation sites is 1.